The first kappa shape index (κ1) is 14.3. The maximum Gasteiger partial charge on any atom is 0.254 e. The summed E-state index contributed by atoms with van der Waals surface area (Å²) in [5.41, 5.74) is 2.58. The topological polar surface area (TPSA) is 29.1 Å². The van der Waals surface area contributed by atoms with Gasteiger partial charge in [-0.3, -0.25) is 4.79 Å². The minimum atomic E-state index is -0.483. The smallest absolute Gasteiger partial charge is 0.254 e. The van der Waals surface area contributed by atoms with Gasteiger partial charge in [-0.2, -0.15) is 0 Å². The summed E-state index contributed by atoms with van der Waals surface area (Å²) in [5.74, 6) is -0.837. The van der Waals surface area contributed by atoms with Crippen LogP contribution in [0.15, 0.2) is 48.5 Å². The number of benzene rings is 2. The monoisotopic (exact) mass is 271 g/mol. The molecule has 0 radical (unpaired) electrons. The normalized spacial score (nSPS) is 10.3. The molecule has 0 saturated carbocycles. The van der Waals surface area contributed by atoms with Gasteiger partial charge in [-0.05, 0) is 37.5 Å². The Kier molecular flexibility index (Phi) is 4.88. The van der Waals surface area contributed by atoms with Crippen LogP contribution < -0.4 is 5.32 Å². The maximum atomic E-state index is 13.4. The Bertz CT molecular complexity index is 578. The van der Waals surface area contributed by atoms with Crippen LogP contribution in [-0.4, -0.2) is 12.5 Å². The minimum Gasteiger partial charge on any atom is -0.352 e. The molecule has 0 aliphatic heterocycles. The van der Waals surface area contributed by atoms with Crippen molar-refractivity contribution in [3.05, 3.63) is 71.0 Å². The lowest BCUT2D eigenvalue weighted by Gasteiger charge is -2.06. The summed E-state index contributed by atoms with van der Waals surface area (Å²) in [6.45, 7) is 2.60. The van der Waals surface area contributed by atoms with Crippen LogP contribution in [-0.2, 0) is 6.42 Å². The van der Waals surface area contributed by atoms with Gasteiger partial charge in [0, 0.05) is 6.54 Å². The molecular formula is C17H18FNO. The first-order chi connectivity index (χ1) is 9.66. The Morgan fingerprint density at radius 2 is 1.80 bits per heavy atom. The van der Waals surface area contributed by atoms with Gasteiger partial charge in [-0.25, -0.2) is 4.39 Å². The average Bonchev–Trinajstić information content (AvgIpc) is 2.46. The third-order valence-electron chi connectivity index (χ3n) is 3.17. The molecule has 0 aromatic heterocycles. The molecule has 0 bridgehead atoms. The second-order valence-electron chi connectivity index (χ2n) is 4.82. The number of rotatable bonds is 5. The van der Waals surface area contributed by atoms with Gasteiger partial charge in [-0.1, -0.05) is 42.0 Å². The molecule has 0 saturated heterocycles. The largest absolute Gasteiger partial charge is 0.352 e. The third kappa shape index (κ3) is 3.92. The molecule has 2 aromatic rings. The third-order valence-corrected chi connectivity index (χ3v) is 3.17. The van der Waals surface area contributed by atoms with Crippen molar-refractivity contribution in [3.8, 4) is 0 Å². The van der Waals surface area contributed by atoms with Crippen molar-refractivity contribution in [2.24, 2.45) is 0 Å². The highest BCUT2D eigenvalue weighted by Gasteiger charge is 2.09. The molecule has 20 heavy (non-hydrogen) atoms. The van der Waals surface area contributed by atoms with E-state index in [0.717, 1.165) is 12.8 Å². The van der Waals surface area contributed by atoms with E-state index < -0.39 is 5.82 Å². The van der Waals surface area contributed by atoms with Gasteiger partial charge in [0.2, 0.25) is 0 Å². The zero-order chi connectivity index (χ0) is 14.4. The summed E-state index contributed by atoms with van der Waals surface area (Å²) in [5, 5.41) is 2.74. The number of hydrogen-bond donors (Lipinski definition) is 1. The summed E-state index contributed by atoms with van der Waals surface area (Å²) in [7, 11) is 0. The second kappa shape index (κ2) is 6.85. The Hall–Kier alpha value is -2.16. The van der Waals surface area contributed by atoms with Crippen LogP contribution in [0.2, 0.25) is 0 Å². The van der Waals surface area contributed by atoms with E-state index in [0.29, 0.717) is 6.54 Å². The van der Waals surface area contributed by atoms with Gasteiger partial charge in [0.1, 0.15) is 5.82 Å². The highest BCUT2D eigenvalue weighted by Crippen LogP contribution is 2.07. The molecule has 1 amide bonds. The fourth-order valence-electron chi connectivity index (χ4n) is 1.99. The highest BCUT2D eigenvalue weighted by atomic mass is 19.1. The van der Waals surface area contributed by atoms with Gasteiger partial charge in [0.15, 0.2) is 0 Å². The van der Waals surface area contributed by atoms with Crippen molar-refractivity contribution in [2.45, 2.75) is 19.8 Å². The number of halogens is 1. The second-order valence-corrected chi connectivity index (χ2v) is 4.82. The maximum absolute atomic E-state index is 13.4. The first-order valence-corrected chi connectivity index (χ1v) is 6.75. The minimum absolute atomic E-state index is 0.0998. The number of amides is 1. The zero-order valence-corrected chi connectivity index (χ0v) is 11.5. The highest BCUT2D eigenvalue weighted by molar-refractivity contribution is 5.94. The molecular weight excluding hydrogens is 253 g/mol. The van der Waals surface area contributed by atoms with Gasteiger partial charge >= 0.3 is 0 Å². The number of carbonyl (C=O) groups excluding carboxylic acids is 1. The van der Waals surface area contributed by atoms with Crippen LogP contribution >= 0.6 is 0 Å². The van der Waals surface area contributed by atoms with Crippen molar-refractivity contribution < 1.29 is 9.18 Å². The quantitative estimate of drug-likeness (QED) is 0.829. The molecule has 0 aliphatic carbocycles. The van der Waals surface area contributed by atoms with E-state index in [1.165, 1.54) is 23.3 Å². The van der Waals surface area contributed by atoms with Gasteiger partial charge < -0.3 is 5.32 Å². The number of aryl methyl sites for hydroxylation is 2. The molecule has 2 aromatic carbocycles. The van der Waals surface area contributed by atoms with E-state index in [-0.39, 0.29) is 11.5 Å². The van der Waals surface area contributed by atoms with Gasteiger partial charge in [0.05, 0.1) is 5.56 Å². The SMILES string of the molecule is Cc1ccc(CCCNC(=O)c2ccccc2F)cc1. The van der Waals surface area contributed by atoms with Crippen LogP contribution in [0.4, 0.5) is 4.39 Å². The van der Waals surface area contributed by atoms with E-state index in [1.54, 1.807) is 12.1 Å². The number of nitrogens with one attached hydrogen (secondary N) is 1. The Morgan fingerprint density at radius 1 is 1.10 bits per heavy atom. The standard InChI is InChI=1S/C17H18FNO/c1-13-8-10-14(11-9-13)5-4-12-19-17(20)15-6-2-3-7-16(15)18/h2-3,6-11H,4-5,12H2,1H3,(H,19,20). The van der Waals surface area contributed by atoms with Crippen LogP contribution in [0.3, 0.4) is 0 Å². The predicted molar refractivity (Wildman–Crippen MR) is 78.2 cm³/mol. The summed E-state index contributed by atoms with van der Waals surface area (Å²) >= 11 is 0. The lowest BCUT2D eigenvalue weighted by molar-refractivity contribution is 0.0949. The van der Waals surface area contributed by atoms with E-state index in [2.05, 4.69) is 36.5 Å². The molecule has 3 heteroatoms. The van der Waals surface area contributed by atoms with E-state index in [9.17, 15) is 9.18 Å². The van der Waals surface area contributed by atoms with Crippen molar-refractivity contribution in [2.75, 3.05) is 6.54 Å². The molecule has 0 aliphatic rings. The summed E-state index contributed by atoms with van der Waals surface area (Å²) in [6, 6.07) is 14.3. The number of carbonyl (C=O) groups is 1. The lowest BCUT2D eigenvalue weighted by Crippen LogP contribution is -2.25. The number of hydrogen-bond acceptors (Lipinski definition) is 1. The first-order valence-electron chi connectivity index (χ1n) is 6.75. The van der Waals surface area contributed by atoms with Gasteiger partial charge in [-0.15, -0.1) is 0 Å². The fraction of sp³-hybridized carbons (Fsp3) is 0.235. The molecule has 2 rings (SSSR count). The molecule has 0 unspecified atom stereocenters. The zero-order valence-electron chi connectivity index (χ0n) is 11.5. The average molecular weight is 271 g/mol. The van der Waals surface area contributed by atoms with E-state index in [1.807, 2.05) is 0 Å². The van der Waals surface area contributed by atoms with Crippen molar-refractivity contribution in [1.82, 2.24) is 5.32 Å². The molecule has 0 atom stereocenters. The van der Waals surface area contributed by atoms with Crippen LogP contribution in [0, 0.1) is 12.7 Å². The molecule has 0 heterocycles. The Balaban J connectivity index is 1.77. The fourth-order valence-corrected chi connectivity index (χ4v) is 1.99. The van der Waals surface area contributed by atoms with E-state index in [4.69, 9.17) is 0 Å². The van der Waals surface area contributed by atoms with Crippen LogP contribution in [0.25, 0.3) is 0 Å². The Labute approximate surface area is 118 Å². The summed E-state index contributed by atoms with van der Waals surface area (Å²) in [4.78, 5) is 11.8. The summed E-state index contributed by atoms with van der Waals surface area (Å²) in [6.07, 6.45) is 1.74. The van der Waals surface area contributed by atoms with E-state index >= 15 is 0 Å². The van der Waals surface area contributed by atoms with Crippen molar-refractivity contribution >= 4 is 5.91 Å². The molecule has 0 fully saturated rings. The summed E-state index contributed by atoms with van der Waals surface area (Å²) < 4.78 is 13.4. The predicted octanol–water partition coefficient (Wildman–Crippen LogP) is 3.50. The Morgan fingerprint density at radius 3 is 2.50 bits per heavy atom. The van der Waals surface area contributed by atoms with Crippen LogP contribution in [0.5, 0.6) is 0 Å². The molecule has 104 valence electrons. The lowest BCUT2D eigenvalue weighted by atomic mass is 10.1. The van der Waals surface area contributed by atoms with Gasteiger partial charge in [0.25, 0.3) is 5.91 Å². The molecule has 0 spiro atoms. The van der Waals surface area contributed by atoms with Crippen molar-refractivity contribution in [3.63, 3.8) is 0 Å². The molecule has 2 nitrogen and oxygen atoms in total. The van der Waals surface area contributed by atoms with Crippen molar-refractivity contribution in [1.29, 1.82) is 0 Å². The molecule has 1 N–H and O–H groups in total. The van der Waals surface area contributed by atoms with Crippen LogP contribution in [0.1, 0.15) is 27.9 Å².